The van der Waals surface area contributed by atoms with E-state index in [0.717, 1.165) is 0 Å². The Balaban J connectivity index is 6.01. The highest BCUT2D eigenvalue weighted by atomic mass is 19.4. The molecule has 0 aliphatic rings. The standard InChI is InChI=1S/C14H4F26O5/c15-3(16,7(21,22)23)11(33,34)44-5(19,9(27,28)29)13(37,38)42-1-41-2-43-14(39,40)6(20,10(30,31)32)45-12(35,36)4(17,18)8(24,25)26/h1-2H2. The van der Waals surface area contributed by atoms with E-state index in [1.54, 1.807) is 0 Å². The van der Waals surface area contributed by atoms with E-state index in [1.165, 1.54) is 9.47 Å². The minimum atomic E-state index is -7.90. The van der Waals surface area contributed by atoms with Gasteiger partial charge >= 0.3 is 72.7 Å². The minimum absolute atomic E-state index is 1.36. The van der Waals surface area contributed by atoms with Gasteiger partial charge in [0.2, 0.25) is 0 Å². The fourth-order valence-electron chi connectivity index (χ4n) is 1.83. The van der Waals surface area contributed by atoms with E-state index in [-0.39, 0.29) is 0 Å². The van der Waals surface area contributed by atoms with Crippen molar-refractivity contribution in [3.63, 3.8) is 0 Å². The SMILES string of the molecule is FC(F)(F)C(F)(F)C(F)(F)OC(F)(C(F)(F)F)C(F)(F)OCOCOC(F)(F)C(F)(OC(F)(F)C(F)(F)C(F)(F)F)C(F)(F)F. The lowest BCUT2D eigenvalue weighted by molar-refractivity contribution is -0.541. The predicted octanol–water partition coefficient (Wildman–Crippen LogP) is 8.21. The molecule has 0 heterocycles. The first-order chi connectivity index (χ1) is 19.1. The van der Waals surface area contributed by atoms with Gasteiger partial charge in [-0.05, 0) is 0 Å². The molecule has 0 saturated heterocycles. The summed E-state index contributed by atoms with van der Waals surface area (Å²) in [6.07, 6.45) is -61.5. The summed E-state index contributed by atoms with van der Waals surface area (Å²) in [6.45, 7) is -6.44. The largest absolute Gasteiger partial charge is 0.462 e. The fraction of sp³-hybridized carbons (Fsp3) is 1.00. The smallest absolute Gasteiger partial charge is 0.329 e. The van der Waals surface area contributed by atoms with E-state index in [4.69, 9.17) is 0 Å². The van der Waals surface area contributed by atoms with Crippen LogP contribution in [0.4, 0.5) is 114 Å². The fourth-order valence-corrected chi connectivity index (χ4v) is 1.83. The van der Waals surface area contributed by atoms with Crippen LogP contribution in [0.15, 0.2) is 0 Å². The highest BCUT2D eigenvalue weighted by Crippen LogP contribution is 2.56. The molecule has 2 atom stereocenters. The maximum Gasteiger partial charge on any atom is 0.462 e. The summed E-state index contributed by atoms with van der Waals surface area (Å²) in [5.41, 5.74) is 0. The van der Waals surface area contributed by atoms with E-state index in [9.17, 15) is 114 Å². The Hall–Kier alpha value is -2.02. The van der Waals surface area contributed by atoms with Crippen molar-refractivity contribution in [3.8, 4) is 0 Å². The average Bonchev–Trinajstić information content (AvgIpc) is 2.74. The lowest BCUT2D eigenvalue weighted by Gasteiger charge is -2.38. The van der Waals surface area contributed by atoms with Crippen LogP contribution >= 0.6 is 0 Å². The molecule has 0 fully saturated rings. The summed E-state index contributed by atoms with van der Waals surface area (Å²) in [4.78, 5) is 0. The molecular weight excluding hydrogens is 742 g/mol. The van der Waals surface area contributed by atoms with Crippen LogP contribution in [0, 0.1) is 0 Å². The molecule has 0 rings (SSSR count). The van der Waals surface area contributed by atoms with Crippen LogP contribution in [0.3, 0.4) is 0 Å². The van der Waals surface area contributed by atoms with Crippen LogP contribution in [-0.4, -0.2) is 86.3 Å². The molecule has 0 spiro atoms. The quantitative estimate of drug-likeness (QED) is 0.102. The second kappa shape index (κ2) is 11.9. The molecule has 5 nitrogen and oxygen atoms in total. The molecule has 272 valence electrons. The van der Waals surface area contributed by atoms with Crippen LogP contribution in [0.1, 0.15) is 0 Å². The van der Waals surface area contributed by atoms with Crippen molar-refractivity contribution in [3.05, 3.63) is 0 Å². The summed E-state index contributed by atoms with van der Waals surface area (Å²) in [5, 5.41) is 0. The van der Waals surface area contributed by atoms with E-state index < -0.39 is 86.3 Å². The summed E-state index contributed by atoms with van der Waals surface area (Å²) in [6, 6.07) is 0. The topological polar surface area (TPSA) is 46.2 Å². The Morgan fingerprint density at radius 1 is 0.289 bits per heavy atom. The highest BCUT2D eigenvalue weighted by Gasteiger charge is 2.85. The third-order valence-electron chi connectivity index (χ3n) is 4.11. The second-order valence-corrected chi connectivity index (χ2v) is 7.33. The average molecular weight is 746 g/mol. The molecule has 0 aromatic carbocycles. The van der Waals surface area contributed by atoms with Gasteiger partial charge in [-0.2, -0.15) is 114 Å². The van der Waals surface area contributed by atoms with Gasteiger partial charge in [-0.15, -0.1) is 0 Å². The maximum atomic E-state index is 13.8. The third-order valence-corrected chi connectivity index (χ3v) is 4.11. The van der Waals surface area contributed by atoms with E-state index in [2.05, 4.69) is 14.2 Å². The number of rotatable bonds is 14. The molecular formula is C14H4F26O5. The summed E-state index contributed by atoms with van der Waals surface area (Å²) in [5.74, 6) is -31.4. The Morgan fingerprint density at radius 2 is 0.511 bits per heavy atom. The first-order valence-electron chi connectivity index (χ1n) is 9.29. The van der Waals surface area contributed by atoms with Crippen molar-refractivity contribution in [2.24, 2.45) is 0 Å². The van der Waals surface area contributed by atoms with E-state index in [1.807, 2.05) is 0 Å². The van der Waals surface area contributed by atoms with Gasteiger partial charge in [0.1, 0.15) is 0 Å². The zero-order valence-electron chi connectivity index (χ0n) is 19.3. The lowest BCUT2D eigenvalue weighted by Crippen LogP contribution is -2.65. The Labute approximate surface area is 225 Å². The normalized spacial score (nSPS) is 18.5. The monoisotopic (exact) mass is 746 g/mol. The van der Waals surface area contributed by atoms with Crippen molar-refractivity contribution in [1.82, 2.24) is 0 Å². The molecule has 0 N–H and O–H groups in total. The minimum Gasteiger partial charge on any atom is -0.329 e. The van der Waals surface area contributed by atoms with Crippen molar-refractivity contribution in [2.45, 2.75) is 72.7 Å². The molecule has 0 aromatic heterocycles. The summed E-state index contributed by atoms with van der Waals surface area (Å²) >= 11 is 0. The third kappa shape index (κ3) is 7.93. The van der Waals surface area contributed by atoms with Gasteiger partial charge in [-0.3, -0.25) is 18.9 Å². The van der Waals surface area contributed by atoms with Gasteiger partial charge in [-0.25, -0.2) is 0 Å². The van der Waals surface area contributed by atoms with Crippen LogP contribution < -0.4 is 0 Å². The molecule has 0 saturated carbocycles. The second-order valence-electron chi connectivity index (χ2n) is 7.33. The number of halogens is 26. The summed E-state index contributed by atoms with van der Waals surface area (Å²) < 4.78 is 343. The van der Waals surface area contributed by atoms with Crippen molar-refractivity contribution < 1.29 is 138 Å². The Morgan fingerprint density at radius 3 is 0.689 bits per heavy atom. The van der Waals surface area contributed by atoms with Crippen molar-refractivity contribution in [2.75, 3.05) is 13.6 Å². The van der Waals surface area contributed by atoms with Gasteiger partial charge < -0.3 is 4.74 Å². The molecule has 0 aliphatic heterocycles. The summed E-state index contributed by atoms with van der Waals surface area (Å²) in [7, 11) is 0. The lowest BCUT2D eigenvalue weighted by atomic mass is 10.2. The first kappa shape index (κ1) is 43.0. The van der Waals surface area contributed by atoms with E-state index in [0.29, 0.717) is 0 Å². The molecule has 0 radical (unpaired) electrons. The van der Waals surface area contributed by atoms with Crippen LogP contribution in [0.25, 0.3) is 0 Å². The number of hydrogen-bond acceptors (Lipinski definition) is 5. The zero-order chi connectivity index (χ0) is 36.9. The molecule has 0 aliphatic carbocycles. The maximum absolute atomic E-state index is 13.8. The molecule has 31 heteroatoms. The molecule has 0 bridgehead atoms. The van der Waals surface area contributed by atoms with Crippen molar-refractivity contribution >= 4 is 0 Å². The Kier molecular flexibility index (Phi) is 11.4. The van der Waals surface area contributed by atoms with Gasteiger partial charge in [0, 0.05) is 0 Å². The zero-order valence-corrected chi connectivity index (χ0v) is 19.3. The van der Waals surface area contributed by atoms with Crippen molar-refractivity contribution in [1.29, 1.82) is 0 Å². The van der Waals surface area contributed by atoms with Crippen LogP contribution in [0.5, 0.6) is 0 Å². The van der Waals surface area contributed by atoms with Gasteiger partial charge in [0.05, 0.1) is 0 Å². The number of alkyl halides is 26. The first-order valence-corrected chi connectivity index (χ1v) is 9.29. The highest BCUT2D eigenvalue weighted by molar-refractivity contribution is 4.94. The number of ether oxygens (including phenoxy) is 5. The Bertz CT molecular complexity index is 916. The molecule has 0 aromatic rings. The van der Waals surface area contributed by atoms with E-state index >= 15 is 0 Å². The van der Waals surface area contributed by atoms with Gasteiger partial charge in [-0.1, -0.05) is 0 Å². The molecule has 2 unspecified atom stereocenters. The number of hydrogen-bond donors (Lipinski definition) is 0. The van der Waals surface area contributed by atoms with Crippen LogP contribution in [0.2, 0.25) is 0 Å². The molecule has 45 heavy (non-hydrogen) atoms. The van der Waals surface area contributed by atoms with Crippen LogP contribution in [-0.2, 0) is 23.7 Å². The molecule has 0 amide bonds. The van der Waals surface area contributed by atoms with Gasteiger partial charge in [0.25, 0.3) is 0 Å². The predicted molar refractivity (Wildman–Crippen MR) is 76.7 cm³/mol. The van der Waals surface area contributed by atoms with Gasteiger partial charge in [0.15, 0.2) is 13.6 Å².